The summed E-state index contributed by atoms with van der Waals surface area (Å²) in [6.45, 7) is 0. The van der Waals surface area contributed by atoms with E-state index in [-0.39, 0.29) is 22.3 Å². The number of hydrogen-bond donors (Lipinski definition) is 9. The first kappa shape index (κ1) is 43.7. The molecule has 0 amide bonds. The zero-order chi connectivity index (χ0) is 44.4. The molecule has 1 aliphatic rings. The molecular formula is C43H36O18. The lowest BCUT2D eigenvalue weighted by Gasteiger charge is -2.43. The SMILES string of the molecule is O=C(/C=C/c1ccc(O)c(O)c1)OC1[C@H](OC(=O)/C=C/c2ccc(O)c(O)c2)CC(OC(=O)/C=C/c2ccc(O)c(O)c2)(C(=O)O)C[C@H]1OC(=O)/C=C/c1ccc(O)c(O)c1. The molecule has 9 N–H and O–H groups in total. The molecular weight excluding hydrogens is 804 g/mol. The summed E-state index contributed by atoms with van der Waals surface area (Å²) in [4.78, 5) is 66.3. The molecule has 61 heavy (non-hydrogen) atoms. The maximum absolute atomic E-state index is 13.3. The van der Waals surface area contributed by atoms with E-state index >= 15 is 0 Å². The highest BCUT2D eigenvalue weighted by molar-refractivity contribution is 5.92. The van der Waals surface area contributed by atoms with Gasteiger partial charge in [-0.05, 0) is 95.1 Å². The van der Waals surface area contributed by atoms with Gasteiger partial charge in [0.1, 0.15) is 12.2 Å². The number of carboxylic acid groups (broad SMARTS) is 1. The maximum Gasteiger partial charge on any atom is 0.348 e. The van der Waals surface area contributed by atoms with Crippen molar-refractivity contribution in [2.45, 2.75) is 36.8 Å². The normalized spacial score (nSPS) is 18.9. The van der Waals surface area contributed by atoms with E-state index in [1.165, 1.54) is 30.3 Å². The third kappa shape index (κ3) is 11.6. The second-order valence-electron chi connectivity index (χ2n) is 13.3. The van der Waals surface area contributed by atoms with Crippen molar-refractivity contribution >= 4 is 54.2 Å². The fraction of sp³-hybridized carbons (Fsp3) is 0.140. The van der Waals surface area contributed by atoms with E-state index in [9.17, 15) is 69.9 Å². The van der Waals surface area contributed by atoms with Gasteiger partial charge in [-0.2, -0.15) is 0 Å². The maximum atomic E-state index is 13.3. The number of carbonyl (C=O) groups excluding carboxylic acids is 4. The number of rotatable bonds is 13. The number of ether oxygens (including phenoxy) is 4. The van der Waals surface area contributed by atoms with Gasteiger partial charge in [0.15, 0.2) is 52.1 Å². The quantitative estimate of drug-likeness (QED) is 0.0390. The van der Waals surface area contributed by atoms with Gasteiger partial charge in [0.05, 0.1) is 0 Å². The summed E-state index contributed by atoms with van der Waals surface area (Å²) in [5.41, 5.74) is -1.86. The van der Waals surface area contributed by atoms with Gasteiger partial charge in [-0.25, -0.2) is 24.0 Å². The average Bonchev–Trinajstić information content (AvgIpc) is 3.20. The van der Waals surface area contributed by atoms with Gasteiger partial charge in [-0.3, -0.25) is 0 Å². The van der Waals surface area contributed by atoms with Crippen LogP contribution in [0.25, 0.3) is 24.3 Å². The number of phenols is 8. The van der Waals surface area contributed by atoms with E-state index < -0.39 is 113 Å². The second-order valence-corrected chi connectivity index (χ2v) is 13.3. The minimum absolute atomic E-state index is 0.184. The molecule has 0 aromatic heterocycles. The Morgan fingerprint density at radius 2 is 0.738 bits per heavy atom. The van der Waals surface area contributed by atoms with Crippen LogP contribution in [0.2, 0.25) is 0 Å². The first-order valence-electron chi connectivity index (χ1n) is 17.8. The fourth-order valence-corrected chi connectivity index (χ4v) is 5.89. The van der Waals surface area contributed by atoms with Crippen LogP contribution >= 0.6 is 0 Å². The number of aromatic hydroxyl groups is 8. The molecule has 0 bridgehead atoms. The molecule has 316 valence electrons. The highest BCUT2D eigenvalue weighted by Gasteiger charge is 2.57. The van der Waals surface area contributed by atoms with Gasteiger partial charge in [0.25, 0.3) is 0 Å². The third-order valence-electron chi connectivity index (χ3n) is 8.91. The Balaban J connectivity index is 1.52. The summed E-state index contributed by atoms with van der Waals surface area (Å²) in [6, 6.07) is 14.3. The van der Waals surface area contributed by atoms with Crippen LogP contribution in [0.15, 0.2) is 97.1 Å². The van der Waals surface area contributed by atoms with Crippen LogP contribution in [-0.4, -0.2) is 99.7 Å². The number of hydrogen-bond acceptors (Lipinski definition) is 17. The Morgan fingerprint density at radius 1 is 0.443 bits per heavy atom. The topological polar surface area (TPSA) is 304 Å². The van der Waals surface area contributed by atoms with Gasteiger partial charge in [0.2, 0.25) is 5.60 Å². The number of carbonyl (C=O) groups is 5. The molecule has 0 saturated heterocycles. The average molecular weight is 841 g/mol. The number of benzene rings is 4. The Labute approximate surface area is 344 Å². The largest absolute Gasteiger partial charge is 0.504 e. The monoisotopic (exact) mass is 840 g/mol. The lowest BCUT2D eigenvalue weighted by Crippen LogP contribution is -2.60. The number of carboxylic acids is 1. The molecule has 0 radical (unpaired) electrons. The van der Waals surface area contributed by atoms with Crippen molar-refractivity contribution in [2.75, 3.05) is 0 Å². The predicted molar refractivity (Wildman–Crippen MR) is 211 cm³/mol. The van der Waals surface area contributed by atoms with Crippen LogP contribution in [-0.2, 0) is 42.9 Å². The van der Waals surface area contributed by atoms with Crippen molar-refractivity contribution in [3.63, 3.8) is 0 Å². The van der Waals surface area contributed by atoms with Gasteiger partial charge < -0.3 is 64.9 Å². The fourth-order valence-electron chi connectivity index (χ4n) is 5.89. The van der Waals surface area contributed by atoms with Crippen molar-refractivity contribution in [2.24, 2.45) is 0 Å². The van der Waals surface area contributed by atoms with Crippen LogP contribution in [0.5, 0.6) is 46.0 Å². The summed E-state index contributed by atoms with van der Waals surface area (Å²) in [6.07, 6.45) is 0.634. The van der Waals surface area contributed by atoms with Crippen LogP contribution in [0, 0.1) is 0 Å². The van der Waals surface area contributed by atoms with Gasteiger partial charge in [-0.15, -0.1) is 0 Å². The number of phenolic OH excluding ortho intramolecular Hbond substituents is 8. The molecule has 4 aromatic carbocycles. The molecule has 18 heteroatoms. The van der Waals surface area contributed by atoms with Crippen molar-refractivity contribution in [3.05, 3.63) is 119 Å². The molecule has 0 heterocycles. The van der Waals surface area contributed by atoms with Crippen molar-refractivity contribution in [1.82, 2.24) is 0 Å². The zero-order valence-electron chi connectivity index (χ0n) is 31.4. The van der Waals surface area contributed by atoms with Gasteiger partial charge >= 0.3 is 29.8 Å². The summed E-state index contributed by atoms with van der Waals surface area (Å²) in [5, 5.41) is 88.5. The smallest absolute Gasteiger partial charge is 0.348 e. The minimum atomic E-state index is -2.66. The van der Waals surface area contributed by atoms with E-state index in [2.05, 4.69) is 0 Å². The second kappa shape index (κ2) is 18.9. The van der Waals surface area contributed by atoms with E-state index in [4.69, 9.17) is 18.9 Å². The number of aliphatic carboxylic acids is 1. The lowest BCUT2D eigenvalue weighted by atomic mass is 9.79. The van der Waals surface area contributed by atoms with Gasteiger partial charge in [0, 0.05) is 37.1 Å². The standard InChI is InChI=1S/C43H36O18/c44-27-9-1-23(17-31(27)48)5-13-37(52)58-35-21-43(42(56)57,61-40(55)16-8-26-4-12-30(47)34(51)20-26)22-36(59-38(53)14-6-24-2-10-28(45)32(49)18-24)41(35)60-39(54)15-7-25-3-11-29(46)33(50)19-25/h1-20,35-36,41,44-51H,21-22H2,(H,56,57)/b13-5+,14-6+,15-7+,16-8+/t35-,36-,41?,43?/m1/s1. The molecule has 0 spiro atoms. The summed E-state index contributed by atoms with van der Waals surface area (Å²) < 4.78 is 22.3. The Morgan fingerprint density at radius 3 is 1.03 bits per heavy atom. The van der Waals surface area contributed by atoms with E-state index in [1.807, 2.05) is 0 Å². The summed E-state index contributed by atoms with van der Waals surface area (Å²) >= 11 is 0. The van der Waals surface area contributed by atoms with E-state index in [1.54, 1.807) is 0 Å². The molecule has 4 aromatic rings. The molecule has 1 fully saturated rings. The van der Waals surface area contributed by atoms with Crippen LogP contribution in [0.3, 0.4) is 0 Å². The first-order valence-corrected chi connectivity index (χ1v) is 17.8. The van der Waals surface area contributed by atoms with E-state index in [0.29, 0.717) is 0 Å². The molecule has 0 aliphatic heterocycles. The Bertz CT molecular complexity index is 2380. The third-order valence-corrected chi connectivity index (χ3v) is 8.91. The Kier molecular flexibility index (Phi) is 13.5. The molecule has 0 unspecified atom stereocenters. The molecule has 18 nitrogen and oxygen atoms in total. The van der Waals surface area contributed by atoms with Gasteiger partial charge in [-0.1, -0.05) is 24.3 Å². The lowest BCUT2D eigenvalue weighted by molar-refractivity contribution is -0.217. The van der Waals surface area contributed by atoms with Crippen molar-refractivity contribution in [1.29, 1.82) is 0 Å². The molecule has 2 atom stereocenters. The predicted octanol–water partition coefficient (Wildman–Crippen LogP) is 4.38. The Hall–Kier alpha value is -8.41. The van der Waals surface area contributed by atoms with Crippen molar-refractivity contribution < 1.29 is 88.9 Å². The van der Waals surface area contributed by atoms with Crippen LogP contribution in [0.4, 0.5) is 0 Å². The first-order chi connectivity index (χ1) is 28.9. The highest BCUT2D eigenvalue weighted by atomic mass is 16.6. The van der Waals surface area contributed by atoms with E-state index in [0.717, 1.165) is 91.1 Å². The molecule has 5 rings (SSSR count). The highest BCUT2D eigenvalue weighted by Crippen LogP contribution is 2.39. The van der Waals surface area contributed by atoms with Crippen LogP contribution in [0.1, 0.15) is 35.1 Å². The zero-order valence-corrected chi connectivity index (χ0v) is 31.4. The summed E-state index contributed by atoms with van der Waals surface area (Å²) in [7, 11) is 0. The minimum Gasteiger partial charge on any atom is -0.504 e. The van der Waals surface area contributed by atoms with Crippen molar-refractivity contribution in [3.8, 4) is 46.0 Å². The summed E-state index contributed by atoms with van der Waals surface area (Å²) in [5.74, 6) is -10.5. The molecule has 1 aliphatic carbocycles. The molecule has 1 saturated carbocycles. The van der Waals surface area contributed by atoms with Crippen LogP contribution < -0.4 is 0 Å². The number of esters is 4.